The van der Waals surface area contributed by atoms with Crippen LogP contribution < -0.4 is 15.2 Å². The van der Waals surface area contributed by atoms with Crippen LogP contribution in [0.2, 0.25) is 0 Å². The lowest BCUT2D eigenvalue weighted by molar-refractivity contribution is 0.319. The second-order valence-corrected chi connectivity index (χ2v) is 3.46. The van der Waals surface area contributed by atoms with E-state index in [0.29, 0.717) is 13.2 Å². The lowest BCUT2D eigenvalue weighted by Gasteiger charge is -2.10. The van der Waals surface area contributed by atoms with Gasteiger partial charge in [0.1, 0.15) is 18.1 Å². The van der Waals surface area contributed by atoms with Crippen LogP contribution in [0.3, 0.4) is 0 Å². The van der Waals surface area contributed by atoms with Crippen molar-refractivity contribution in [3.05, 3.63) is 23.3 Å². The smallest absolute Gasteiger partial charge is 0.130 e. The monoisotopic (exact) mass is 193 g/mol. The summed E-state index contributed by atoms with van der Waals surface area (Å²) in [4.78, 5) is 0. The van der Waals surface area contributed by atoms with E-state index >= 15 is 0 Å². The van der Waals surface area contributed by atoms with Gasteiger partial charge in [0.05, 0.1) is 12.6 Å². The fourth-order valence-electron chi connectivity index (χ4n) is 1.75. The highest BCUT2D eigenvalue weighted by molar-refractivity contribution is 5.52. The maximum absolute atomic E-state index is 5.87. The molecule has 0 bridgehead atoms. The molecule has 0 radical (unpaired) electrons. The van der Waals surface area contributed by atoms with Gasteiger partial charge in [-0.05, 0) is 26.0 Å². The molecule has 0 aliphatic carbocycles. The summed E-state index contributed by atoms with van der Waals surface area (Å²) in [5.41, 5.74) is 8.02. The minimum Gasteiger partial charge on any atom is -0.493 e. The molecule has 1 aromatic rings. The van der Waals surface area contributed by atoms with Crippen molar-refractivity contribution in [3.8, 4) is 11.5 Å². The molecule has 1 heterocycles. The van der Waals surface area contributed by atoms with E-state index in [0.717, 1.165) is 22.6 Å². The molecule has 14 heavy (non-hydrogen) atoms. The van der Waals surface area contributed by atoms with Crippen molar-refractivity contribution < 1.29 is 9.47 Å². The molecule has 0 unspecified atom stereocenters. The Balaban J connectivity index is 2.42. The Morgan fingerprint density at radius 1 is 1.57 bits per heavy atom. The van der Waals surface area contributed by atoms with E-state index < -0.39 is 0 Å². The van der Waals surface area contributed by atoms with Crippen molar-refractivity contribution in [1.29, 1.82) is 0 Å². The van der Waals surface area contributed by atoms with Crippen LogP contribution in [0.5, 0.6) is 11.5 Å². The fourth-order valence-corrected chi connectivity index (χ4v) is 1.75. The Bertz CT molecular complexity index is 349. The molecule has 0 spiro atoms. The van der Waals surface area contributed by atoms with Crippen molar-refractivity contribution in [2.75, 3.05) is 13.2 Å². The zero-order chi connectivity index (χ0) is 10.1. The van der Waals surface area contributed by atoms with E-state index in [-0.39, 0.29) is 6.04 Å². The van der Waals surface area contributed by atoms with Crippen LogP contribution in [0.1, 0.15) is 24.1 Å². The van der Waals surface area contributed by atoms with Gasteiger partial charge in [-0.2, -0.15) is 0 Å². The van der Waals surface area contributed by atoms with Crippen molar-refractivity contribution in [3.63, 3.8) is 0 Å². The minimum absolute atomic E-state index is 0.0133. The van der Waals surface area contributed by atoms with E-state index in [2.05, 4.69) is 0 Å². The standard InChI is InChI=1S/C11H15NO2/c1-3-13-10-5-4-8-9(12)6-14-11(8)7(10)2/h4-5,9H,3,6,12H2,1-2H3/t9-/m0/s1. The molecular formula is C11H15NO2. The molecule has 0 saturated heterocycles. The van der Waals surface area contributed by atoms with Crippen molar-refractivity contribution in [2.24, 2.45) is 5.73 Å². The molecular weight excluding hydrogens is 178 g/mol. The fraction of sp³-hybridized carbons (Fsp3) is 0.455. The lowest BCUT2D eigenvalue weighted by atomic mass is 10.1. The summed E-state index contributed by atoms with van der Waals surface area (Å²) in [5, 5.41) is 0. The van der Waals surface area contributed by atoms with Crippen LogP contribution >= 0.6 is 0 Å². The van der Waals surface area contributed by atoms with Gasteiger partial charge in [0, 0.05) is 11.1 Å². The Labute approximate surface area is 83.8 Å². The summed E-state index contributed by atoms with van der Waals surface area (Å²) < 4.78 is 11.0. The minimum atomic E-state index is 0.0133. The highest BCUT2D eigenvalue weighted by Gasteiger charge is 2.23. The molecule has 3 nitrogen and oxygen atoms in total. The normalized spacial score (nSPS) is 18.9. The van der Waals surface area contributed by atoms with Gasteiger partial charge in [0.25, 0.3) is 0 Å². The molecule has 0 aromatic heterocycles. The number of benzene rings is 1. The quantitative estimate of drug-likeness (QED) is 0.778. The summed E-state index contributed by atoms with van der Waals surface area (Å²) >= 11 is 0. The van der Waals surface area contributed by atoms with Gasteiger partial charge in [0.15, 0.2) is 0 Å². The zero-order valence-corrected chi connectivity index (χ0v) is 8.54. The molecule has 1 atom stereocenters. The van der Waals surface area contributed by atoms with Gasteiger partial charge in [-0.15, -0.1) is 0 Å². The first-order valence-corrected chi connectivity index (χ1v) is 4.88. The molecule has 1 aromatic carbocycles. The van der Waals surface area contributed by atoms with Crippen molar-refractivity contribution in [1.82, 2.24) is 0 Å². The Morgan fingerprint density at radius 2 is 2.36 bits per heavy atom. The molecule has 0 amide bonds. The van der Waals surface area contributed by atoms with Gasteiger partial charge >= 0.3 is 0 Å². The number of fused-ring (bicyclic) bond motifs is 1. The van der Waals surface area contributed by atoms with E-state index in [4.69, 9.17) is 15.2 Å². The first-order chi connectivity index (χ1) is 6.74. The van der Waals surface area contributed by atoms with Gasteiger partial charge in [-0.25, -0.2) is 0 Å². The molecule has 76 valence electrons. The predicted octanol–water partition coefficient (Wildman–Crippen LogP) is 1.79. The summed E-state index contributed by atoms with van der Waals surface area (Å²) in [5.74, 6) is 1.80. The van der Waals surface area contributed by atoms with Gasteiger partial charge in [-0.1, -0.05) is 0 Å². The van der Waals surface area contributed by atoms with Crippen molar-refractivity contribution >= 4 is 0 Å². The average molecular weight is 193 g/mol. The molecule has 1 aliphatic rings. The van der Waals surface area contributed by atoms with Crippen LogP contribution in [-0.2, 0) is 0 Å². The van der Waals surface area contributed by atoms with E-state index in [9.17, 15) is 0 Å². The molecule has 2 rings (SSSR count). The van der Waals surface area contributed by atoms with Crippen molar-refractivity contribution in [2.45, 2.75) is 19.9 Å². The van der Waals surface area contributed by atoms with Gasteiger partial charge in [-0.3, -0.25) is 0 Å². The van der Waals surface area contributed by atoms with E-state index in [1.165, 1.54) is 0 Å². The zero-order valence-electron chi connectivity index (χ0n) is 8.54. The van der Waals surface area contributed by atoms with Crippen LogP contribution in [-0.4, -0.2) is 13.2 Å². The molecule has 3 heteroatoms. The Kier molecular flexibility index (Phi) is 2.33. The third-order valence-corrected chi connectivity index (χ3v) is 2.49. The van der Waals surface area contributed by atoms with Crippen LogP contribution in [0.25, 0.3) is 0 Å². The Morgan fingerprint density at radius 3 is 3.07 bits per heavy atom. The average Bonchev–Trinajstić information content (AvgIpc) is 2.54. The molecule has 1 aliphatic heterocycles. The number of nitrogens with two attached hydrogens (primary N) is 1. The third kappa shape index (κ3) is 1.34. The summed E-state index contributed by atoms with van der Waals surface area (Å²) in [6.45, 7) is 5.22. The largest absolute Gasteiger partial charge is 0.493 e. The first-order valence-electron chi connectivity index (χ1n) is 4.88. The highest BCUT2D eigenvalue weighted by atomic mass is 16.5. The second-order valence-electron chi connectivity index (χ2n) is 3.46. The maximum Gasteiger partial charge on any atom is 0.130 e. The maximum atomic E-state index is 5.87. The predicted molar refractivity (Wildman–Crippen MR) is 54.8 cm³/mol. The topological polar surface area (TPSA) is 44.5 Å². The second kappa shape index (κ2) is 3.50. The first kappa shape index (κ1) is 9.34. The highest BCUT2D eigenvalue weighted by Crippen LogP contribution is 2.38. The molecule has 2 N–H and O–H groups in total. The van der Waals surface area contributed by atoms with E-state index in [1.54, 1.807) is 0 Å². The summed E-state index contributed by atoms with van der Waals surface area (Å²) in [7, 11) is 0. The number of hydrogen-bond donors (Lipinski definition) is 1. The number of hydrogen-bond acceptors (Lipinski definition) is 3. The van der Waals surface area contributed by atoms with Crippen LogP contribution in [0, 0.1) is 6.92 Å². The van der Waals surface area contributed by atoms with E-state index in [1.807, 2.05) is 26.0 Å². The van der Waals surface area contributed by atoms with Gasteiger partial charge < -0.3 is 15.2 Å². The molecule has 0 fully saturated rings. The van der Waals surface area contributed by atoms with Crippen LogP contribution in [0.15, 0.2) is 12.1 Å². The SMILES string of the molecule is CCOc1ccc2c(c1C)OC[C@@H]2N. The van der Waals surface area contributed by atoms with Crippen LogP contribution in [0.4, 0.5) is 0 Å². The lowest BCUT2D eigenvalue weighted by Crippen LogP contribution is -2.10. The third-order valence-electron chi connectivity index (χ3n) is 2.49. The number of rotatable bonds is 2. The summed E-state index contributed by atoms with van der Waals surface area (Å²) in [6, 6.07) is 3.97. The molecule has 0 saturated carbocycles. The number of ether oxygens (including phenoxy) is 2. The van der Waals surface area contributed by atoms with Gasteiger partial charge in [0.2, 0.25) is 0 Å². The Hall–Kier alpha value is -1.22. The summed E-state index contributed by atoms with van der Waals surface area (Å²) in [6.07, 6.45) is 0.